The van der Waals surface area contributed by atoms with Gasteiger partial charge in [-0.2, -0.15) is 0 Å². The zero-order valence-corrected chi connectivity index (χ0v) is 9.44. The summed E-state index contributed by atoms with van der Waals surface area (Å²) >= 11 is 0. The molecular weight excluding hydrogens is 210 g/mol. The highest BCUT2D eigenvalue weighted by molar-refractivity contribution is 5.98. The minimum atomic E-state index is 0.00348. The summed E-state index contributed by atoms with van der Waals surface area (Å²) < 4.78 is 0. The maximum Gasteiger partial charge on any atom is 0.176 e. The summed E-state index contributed by atoms with van der Waals surface area (Å²) in [7, 11) is 0. The van der Waals surface area contributed by atoms with Gasteiger partial charge in [0.15, 0.2) is 5.78 Å². The maximum absolute atomic E-state index is 11.6. The normalized spacial score (nSPS) is 12.1. The number of hydrogen-bond donors (Lipinski definition) is 1. The van der Waals surface area contributed by atoms with Crippen LogP contribution in [0.3, 0.4) is 0 Å². The topological polar surface area (TPSA) is 43.1 Å². The van der Waals surface area contributed by atoms with E-state index in [-0.39, 0.29) is 12.3 Å². The van der Waals surface area contributed by atoms with E-state index in [0.717, 1.165) is 12.0 Å². The Labute approximate surface area is 100 Å². The molecule has 1 aliphatic rings. The summed E-state index contributed by atoms with van der Waals surface area (Å²) in [4.78, 5) is 11.6. The molecule has 2 N–H and O–H groups in total. The fourth-order valence-corrected chi connectivity index (χ4v) is 2.44. The van der Waals surface area contributed by atoms with Crippen molar-refractivity contribution in [1.82, 2.24) is 0 Å². The third-order valence-corrected chi connectivity index (χ3v) is 3.30. The first-order valence-corrected chi connectivity index (χ1v) is 5.74. The van der Waals surface area contributed by atoms with Crippen molar-refractivity contribution < 1.29 is 4.79 Å². The SMILES string of the molecule is NCC(=O)c1ccc2c(c1)Cc1ccccc1-2. The first kappa shape index (κ1) is 10.2. The van der Waals surface area contributed by atoms with Gasteiger partial charge < -0.3 is 5.73 Å². The van der Waals surface area contributed by atoms with E-state index in [0.29, 0.717) is 0 Å². The average molecular weight is 223 g/mol. The molecule has 0 heterocycles. The second kappa shape index (κ2) is 3.82. The van der Waals surface area contributed by atoms with Crippen molar-refractivity contribution in [3.63, 3.8) is 0 Å². The van der Waals surface area contributed by atoms with Gasteiger partial charge in [-0.05, 0) is 34.7 Å². The molecule has 2 nitrogen and oxygen atoms in total. The van der Waals surface area contributed by atoms with Crippen LogP contribution in [0, 0.1) is 0 Å². The molecule has 2 heteroatoms. The summed E-state index contributed by atoms with van der Waals surface area (Å²) in [6.45, 7) is 0.0751. The van der Waals surface area contributed by atoms with E-state index >= 15 is 0 Å². The van der Waals surface area contributed by atoms with Gasteiger partial charge >= 0.3 is 0 Å². The first-order valence-electron chi connectivity index (χ1n) is 5.74. The van der Waals surface area contributed by atoms with Gasteiger partial charge in [-0.25, -0.2) is 0 Å². The maximum atomic E-state index is 11.6. The molecule has 2 aromatic rings. The molecule has 0 aromatic heterocycles. The van der Waals surface area contributed by atoms with E-state index in [4.69, 9.17) is 5.73 Å². The number of carbonyl (C=O) groups excluding carboxylic acids is 1. The lowest BCUT2D eigenvalue weighted by Crippen LogP contribution is -2.13. The molecule has 84 valence electrons. The van der Waals surface area contributed by atoms with Crippen LogP contribution in [0.2, 0.25) is 0 Å². The Kier molecular flexibility index (Phi) is 2.30. The number of rotatable bonds is 2. The monoisotopic (exact) mass is 223 g/mol. The summed E-state index contributed by atoms with van der Waals surface area (Å²) in [6, 6.07) is 14.2. The molecule has 0 fully saturated rings. The lowest BCUT2D eigenvalue weighted by atomic mass is 10.0. The molecule has 0 saturated carbocycles. The van der Waals surface area contributed by atoms with Gasteiger partial charge in [-0.3, -0.25) is 4.79 Å². The highest BCUT2D eigenvalue weighted by atomic mass is 16.1. The zero-order chi connectivity index (χ0) is 11.8. The number of hydrogen-bond acceptors (Lipinski definition) is 2. The Morgan fingerprint density at radius 2 is 1.82 bits per heavy atom. The Bertz CT molecular complexity index is 602. The van der Waals surface area contributed by atoms with Crippen LogP contribution in [-0.4, -0.2) is 12.3 Å². The molecule has 0 amide bonds. The summed E-state index contributed by atoms with van der Waals surface area (Å²) in [5, 5.41) is 0. The Balaban J connectivity index is 2.10. The molecule has 17 heavy (non-hydrogen) atoms. The number of fused-ring (bicyclic) bond motifs is 3. The minimum Gasteiger partial charge on any atom is -0.324 e. The lowest BCUT2D eigenvalue weighted by Gasteiger charge is -2.03. The number of benzene rings is 2. The van der Waals surface area contributed by atoms with Crippen molar-refractivity contribution in [2.24, 2.45) is 5.73 Å². The number of nitrogens with two attached hydrogens (primary N) is 1. The quantitative estimate of drug-likeness (QED) is 0.678. The van der Waals surface area contributed by atoms with Crippen LogP contribution in [0.1, 0.15) is 21.5 Å². The van der Waals surface area contributed by atoms with Gasteiger partial charge in [-0.15, -0.1) is 0 Å². The van der Waals surface area contributed by atoms with Gasteiger partial charge in [-0.1, -0.05) is 36.4 Å². The predicted molar refractivity (Wildman–Crippen MR) is 68.1 cm³/mol. The third-order valence-electron chi connectivity index (χ3n) is 3.30. The van der Waals surface area contributed by atoms with Crippen molar-refractivity contribution in [1.29, 1.82) is 0 Å². The second-order valence-electron chi connectivity index (χ2n) is 4.33. The van der Waals surface area contributed by atoms with E-state index in [9.17, 15) is 4.79 Å². The fraction of sp³-hybridized carbons (Fsp3) is 0.133. The molecule has 2 aromatic carbocycles. The number of carbonyl (C=O) groups is 1. The Morgan fingerprint density at radius 3 is 2.65 bits per heavy atom. The van der Waals surface area contributed by atoms with E-state index in [1.165, 1.54) is 22.3 Å². The lowest BCUT2D eigenvalue weighted by molar-refractivity contribution is 0.100. The summed E-state index contributed by atoms with van der Waals surface area (Å²) in [5.41, 5.74) is 11.2. The Hall–Kier alpha value is -1.93. The van der Waals surface area contributed by atoms with Crippen LogP contribution in [0.15, 0.2) is 42.5 Å². The standard InChI is InChI=1S/C15H13NO/c16-9-15(17)11-5-6-14-12(8-11)7-10-3-1-2-4-13(10)14/h1-6,8H,7,9,16H2. The van der Waals surface area contributed by atoms with Gasteiger partial charge in [0.25, 0.3) is 0 Å². The molecule has 0 spiro atoms. The van der Waals surface area contributed by atoms with Crippen molar-refractivity contribution in [2.45, 2.75) is 6.42 Å². The number of Topliss-reactive ketones (excluding diaryl/α,β-unsaturated/α-hetero) is 1. The smallest absolute Gasteiger partial charge is 0.176 e. The average Bonchev–Trinajstić information content (AvgIpc) is 2.75. The van der Waals surface area contributed by atoms with Crippen LogP contribution in [0.5, 0.6) is 0 Å². The van der Waals surface area contributed by atoms with Crippen molar-refractivity contribution in [2.75, 3.05) is 6.54 Å². The first-order chi connectivity index (χ1) is 8.29. The van der Waals surface area contributed by atoms with Crippen LogP contribution in [0.25, 0.3) is 11.1 Å². The van der Waals surface area contributed by atoms with Gasteiger partial charge in [0.05, 0.1) is 6.54 Å². The highest BCUT2D eigenvalue weighted by Crippen LogP contribution is 2.36. The van der Waals surface area contributed by atoms with E-state index in [1.807, 2.05) is 24.3 Å². The van der Waals surface area contributed by atoms with Crippen LogP contribution in [-0.2, 0) is 6.42 Å². The number of ketones is 1. The molecule has 3 rings (SSSR count). The van der Waals surface area contributed by atoms with Crippen LogP contribution < -0.4 is 5.73 Å². The van der Waals surface area contributed by atoms with E-state index in [1.54, 1.807) is 0 Å². The third kappa shape index (κ3) is 1.58. The van der Waals surface area contributed by atoms with Crippen molar-refractivity contribution >= 4 is 5.78 Å². The highest BCUT2D eigenvalue weighted by Gasteiger charge is 2.18. The minimum absolute atomic E-state index is 0.00348. The van der Waals surface area contributed by atoms with Crippen LogP contribution >= 0.6 is 0 Å². The van der Waals surface area contributed by atoms with Crippen molar-refractivity contribution in [3.8, 4) is 11.1 Å². The molecule has 0 aliphatic heterocycles. The second-order valence-corrected chi connectivity index (χ2v) is 4.33. The zero-order valence-electron chi connectivity index (χ0n) is 9.44. The molecule has 0 atom stereocenters. The molecule has 0 bridgehead atoms. The Morgan fingerprint density at radius 1 is 1.06 bits per heavy atom. The van der Waals surface area contributed by atoms with E-state index < -0.39 is 0 Å². The van der Waals surface area contributed by atoms with Gasteiger partial charge in [0.1, 0.15) is 0 Å². The largest absolute Gasteiger partial charge is 0.324 e. The molecule has 0 unspecified atom stereocenters. The summed E-state index contributed by atoms with van der Waals surface area (Å²) in [5.74, 6) is 0.00348. The summed E-state index contributed by atoms with van der Waals surface area (Å²) in [6.07, 6.45) is 0.914. The van der Waals surface area contributed by atoms with E-state index in [2.05, 4.69) is 18.2 Å². The van der Waals surface area contributed by atoms with Crippen LogP contribution in [0.4, 0.5) is 0 Å². The van der Waals surface area contributed by atoms with Gasteiger partial charge in [0.2, 0.25) is 0 Å². The molecule has 1 aliphatic carbocycles. The fourth-order valence-electron chi connectivity index (χ4n) is 2.44. The molecule has 0 radical (unpaired) electrons. The molecular formula is C15H13NO. The van der Waals surface area contributed by atoms with Crippen molar-refractivity contribution in [3.05, 3.63) is 59.2 Å². The molecule has 0 saturated heterocycles. The van der Waals surface area contributed by atoms with Gasteiger partial charge in [0, 0.05) is 5.56 Å². The predicted octanol–water partition coefficient (Wildman–Crippen LogP) is 2.40.